The molecule has 0 spiro atoms. The number of rotatable bonds is 6. The lowest BCUT2D eigenvalue weighted by atomic mass is 10.2. The lowest BCUT2D eigenvalue weighted by Gasteiger charge is -2.09. The summed E-state index contributed by atoms with van der Waals surface area (Å²) in [4.78, 5) is 3.61. The fourth-order valence-corrected chi connectivity index (χ4v) is 1.46. The van der Waals surface area contributed by atoms with Crippen LogP contribution in [0.2, 0.25) is 0 Å². The number of aromatic nitrogens is 1. The zero-order chi connectivity index (χ0) is 17.1. The number of nitrogen functional groups attached to an aromatic ring is 3. The summed E-state index contributed by atoms with van der Waals surface area (Å²) >= 11 is 0. The Morgan fingerprint density at radius 1 is 1.04 bits per heavy atom. The van der Waals surface area contributed by atoms with Gasteiger partial charge in [0.1, 0.15) is 12.4 Å². The zero-order valence-corrected chi connectivity index (χ0v) is 12.7. The van der Waals surface area contributed by atoms with Crippen LogP contribution >= 0.6 is 0 Å². The van der Waals surface area contributed by atoms with Gasteiger partial charge in [-0.2, -0.15) is 0 Å². The molecule has 1 aromatic carbocycles. The molecule has 0 saturated carbocycles. The van der Waals surface area contributed by atoms with Crippen molar-refractivity contribution >= 4 is 17.2 Å². The average Bonchev–Trinajstić information content (AvgIpc) is 2.54. The summed E-state index contributed by atoms with van der Waals surface area (Å²) in [7, 11) is 0. The van der Waals surface area contributed by atoms with E-state index in [9.17, 15) is 0 Å². The predicted molar refractivity (Wildman–Crippen MR) is 89.0 cm³/mol. The number of ether oxygens (including phenoxy) is 2. The molecule has 1 heterocycles. The lowest BCUT2D eigenvalue weighted by molar-refractivity contribution is 0.0707. The van der Waals surface area contributed by atoms with Crippen LogP contribution in [0, 0.1) is 0 Å². The van der Waals surface area contributed by atoms with Crippen molar-refractivity contribution < 1.29 is 19.7 Å². The summed E-state index contributed by atoms with van der Waals surface area (Å²) in [6.45, 7) is 1.12. The lowest BCUT2D eigenvalue weighted by Crippen LogP contribution is -2.10. The highest BCUT2D eigenvalue weighted by Gasteiger charge is 2.00. The maximum absolute atomic E-state index is 8.73. The van der Waals surface area contributed by atoms with Gasteiger partial charge < -0.3 is 36.9 Å². The molecular formula is C15H22N4O4. The number of nitrogens with two attached hydrogens (primary N) is 3. The van der Waals surface area contributed by atoms with Crippen LogP contribution in [-0.4, -0.2) is 41.6 Å². The third kappa shape index (κ3) is 7.21. The largest absolute Gasteiger partial charge is 0.504 e. The van der Waals surface area contributed by atoms with Crippen molar-refractivity contribution in [2.24, 2.45) is 0 Å². The van der Waals surface area contributed by atoms with E-state index < -0.39 is 0 Å². The van der Waals surface area contributed by atoms with E-state index in [2.05, 4.69) is 4.98 Å². The molecule has 0 bridgehead atoms. The number of hydrogen-bond acceptors (Lipinski definition) is 8. The monoisotopic (exact) mass is 322 g/mol. The molecule has 0 fully saturated rings. The van der Waals surface area contributed by atoms with Crippen molar-refractivity contribution in [1.82, 2.24) is 4.98 Å². The second kappa shape index (κ2) is 10.1. The molecule has 0 aliphatic rings. The van der Waals surface area contributed by atoms with Crippen molar-refractivity contribution in [1.29, 1.82) is 0 Å². The SMILES string of the molecule is Nc1ccc(N)c(OCCOCCO)c1.Nc1ncccc1O. The van der Waals surface area contributed by atoms with Crippen molar-refractivity contribution in [3.05, 3.63) is 36.5 Å². The number of nitrogens with zero attached hydrogens (tertiary/aromatic N) is 1. The maximum atomic E-state index is 8.73. The number of benzene rings is 1. The number of anilines is 3. The molecule has 23 heavy (non-hydrogen) atoms. The van der Waals surface area contributed by atoms with E-state index in [1.165, 1.54) is 12.3 Å². The van der Waals surface area contributed by atoms with E-state index >= 15 is 0 Å². The number of hydrogen-bond donors (Lipinski definition) is 5. The fraction of sp³-hybridized carbons (Fsp3) is 0.267. The highest BCUT2D eigenvalue weighted by atomic mass is 16.5. The fourth-order valence-electron chi connectivity index (χ4n) is 1.46. The minimum absolute atomic E-state index is 0.0143. The first-order chi connectivity index (χ1) is 11.0. The number of pyridine rings is 1. The van der Waals surface area contributed by atoms with Gasteiger partial charge in [0.05, 0.1) is 25.5 Å². The molecule has 0 radical (unpaired) electrons. The molecule has 0 saturated heterocycles. The Balaban J connectivity index is 0.000000277. The Bertz CT molecular complexity index is 574. The molecular weight excluding hydrogens is 300 g/mol. The maximum Gasteiger partial charge on any atom is 0.165 e. The molecule has 2 aromatic rings. The molecule has 126 valence electrons. The van der Waals surface area contributed by atoms with Gasteiger partial charge in [-0.15, -0.1) is 0 Å². The normalized spacial score (nSPS) is 9.78. The molecule has 8 nitrogen and oxygen atoms in total. The summed E-state index contributed by atoms with van der Waals surface area (Å²) in [5.74, 6) is 0.766. The van der Waals surface area contributed by atoms with Gasteiger partial charge in [0, 0.05) is 18.0 Å². The van der Waals surface area contributed by atoms with Gasteiger partial charge in [-0.3, -0.25) is 0 Å². The van der Waals surface area contributed by atoms with Crippen LogP contribution in [0.4, 0.5) is 17.2 Å². The molecule has 1 aromatic heterocycles. The Labute approximate surface area is 134 Å². The average molecular weight is 322 g/mol. The predicted octanol–water partition coefficient (Wildman–Crippen LogP) is 0.608. The van der Waals surface area contributed by atoms with Crippen LogP contribution in [-0.2, 0) is 4.74 Å². The van der Waals surface area contributed by atoms with Crippen LogP contribution in [0.1, 0.15) is 0 Å². The van der Waals surface area contributed by atoms with E-state index in [0.717, 1.165) is 0 Å². The third-order valence-electron chi connectivity index (χ3n) is 2.57. The first kappa shape index (κ1) is 18.3. The van der Waals surface area contributed by atoms with Crippen LogP contribution < -0.4 is 21.9 Å². The van der Waals surface area contributed by atoms with E-state index in [-0.39, 0.29) is 18.2 Å². The van der Waals surface area contributed by atoms with E-state index in [1.54, 1.807) is 24.3 Å². The topological polar surface area (TPSA) is 150 Å². The van der Waals surface area contributed by atoms with Gasteiger partial charge in [-0.25, -0.2) is 4.98 Å². The minimum atomic E-state index is 0.0143. The Hall–Kier alpha value is -2.71. The summed E-state index contributed by atoms with van der Waals surface area (Å²) in [5.41, 5.74) is 17.6. The first-order valence-electron chi connectivity index (χ1n) is 6.90. The molecule has 2 rings (SSSR count). The van der Waals surface area contributed by atoms with Crippen LogP contribution in [0.15, 0.2) is 36.5 Å². The van der Waals surface area contributed by atoms with Gasteiger partial charge in [0.2, 0.25) is 0 Å². The standard InChI is InChI=1S/C10H16N2O3.C5H6N2O/c11-8-1-2-9(12)10(7-8)15-6-5-14-4-3-13;6-5-4(8)2-1-3-7-5/h1-2,7,13H,3-6,11-12H2;1-3,8H,(H2,6,7). The molecule has 8 N–H and O–H groups in total. The summed E-state index contributed by atoms with van der Waals surface area (Å²) in [6, 6.07) is 8.18. The van der Waals surface area contributed by atoms with Gasteiger partial charge in [-0.05, 0) is 24.3 Å². The van der Waals surface area contributed by atoms with Gasteiger partial charge in [0.25, 0.3) is 0 Å². The Morgan fingerprint density at radius 3 is 2.43 bits per heavy atom. The second-order valence-electron chi connectivity index (χ2n) is 4.39. The third-order valence-corrected chi connectivity index (χ3v) is 2.57. The van der Waals surface area contributed by atoms with Crippen molar-refractivity contribution in [2.75, 3.05) is 43.6 Å². The molecule has 0 atom stereocenters. The smallest absolute Gasteiger partial charge is 0.165 e. The summed E-state index contributed by atoms with van der Waals surface area (Å²) in [5, 5.41) is 17.2. The minimum Gasteiger partial charge on any atom is -0.504 e. The van der Waals surface area contributed by atoms with Crippen LogP contribution in [0.25, 0.3) is 0 Å². The van der Waals surface area contributed by atoms with E-state index in [0.29, 0.717) is 36.9 Å². The van der Waals surface area contributed by atoms with E-state index in [1.807, 2.05) is 0 Å². The summed E-state index contributed by atoms with van der Waals surface area (Å²) < 4.78 is 10.4. The van der Waals surface area contributed by atoms with Crippen molar-refractivity contribution in [2.45, 2.75) is 0 Å². The molecule has 0 unspecified atom stereocenters. The van der Waals surface area contributed by atoms with Crippen molar-refractivity contribution in [3.63, 3.8) is 0 Å². The number of aliphatic hydroxyl groups is 1. The van der Waals surface area contributed by atoms with Gasteiger partial charge in [0.15, 0.2) is 11.6 Å². The molecule has 0 amide bonds. The van der Waals surface area contributed by atoms with Crippen LogP contribution in [0.5, 0.6) is 11.5 Å². The Morgan fingerprint density at radius 2 is 1.83 bits per heavy atom. The first-order valence-corrected chi connectivity index (χ1v) is 6.90. The molecule has 8 heteroatoms. The van der Waals surface area contributed by atoms with E-state index in [4.69, 9.17) is 36.9 Å². The molecule has 0 aliphatic carbocycles. The molecule has 0 aliphatic heterocycles. The highest BCUT2D eigenvalue weighted by molar-refractivity contribution is 5.59. The quantitative estimate of drug-likeness (QED) is 0.383. The Kier molecular flexibility index (Phi) is 8.04. The highest BCUT2D eigenvalue weighted by Crippen LogP contribution is 2.23. The zero-order valence-electron chi connectivity index (χ0n) is 12.7. The van der Waals surface area contributed by atoms with Crippen molar-refractivity contribution in [3.8, 4) is 11.5 Å². The van der Waals surface area contributed by atoms with Gasteiger partial charge >= 0.3 is 0 Å². The van der Waals surface area contributed by atoms with Gasteiger partial charge in [-0.1, -0.05) is 0 Å². The number of aliphatic hydroxyl groups excluding tert-OH is 1. The number of aromatic hydroxyl groups is 1. The summed E-state index contributed by atoms with van der Waals surface area (Å²) in [6.07, 6.45) is 1.52. The van der Waals surface area contributed by atoms with Crippen LogP contribution in [0.3, 0.4) is 0 Å². The second-order valence-corrected chi connectivity index (χ2v) is 4.39.